The van der Waals surface area contributed by atoms with Gasteiger partial charge in [-0.2, -0.15) is 0 Å². The number of nitrogens with zero attached hydrogens (tertiary/aromatic N) is 2. The van der Waals surface area contributed by atoms with Gasteiger partial charge in [-0.1, -0.05) is 18.2 Å². The van der Waals surface area contributed by atoms with Crippen LogP contribution in [0.2, 0.25) is 0 Å². The molecule has 0 unspecified atom stereocenters. The third-order valence-electron chi connectivity index (χ3n) is 3.92. The fourth-order valence-corrected chi connectivity index (χ4v) is 3.02. The molecule has 0 fully saturated rings. The molecule has 2 N–H and O–H groups in total. The van der Waals surface area contributed by atoms with E-state index in [-0.39, 0.29) is 21.8 Å². The first-order valence-corrected chi connectivity index (χ1v) is 8.58. The van der Waals surface area contributed by atoms with Gasteiger partial charge >= 0.3 is 6.09 Å². The number of carboxylic acid groups (broad SMARTS) is 1. The van der Waals surface area contributed by atoms with E-state index in [2.05, 4.69) is 31.4 Å². The molecule has 0 aliphatic heterocycles. The quantitative estimate of drug-likeness (QED) is 0.563. The third kappa shape index (κ3) is 3.82. The predicted octanol–water partition coefficient (Wildman–Crippen LogP) is 4.95. The summed E-state index contributed by atoms with van der Waals surface area (Å²) in [4.78, 5) is 11.1. The van der Waals surface area contributed by atoms with Gasteiger partial charge in [-0.25, -0.2) is 13.6 Å². The van der Waals surface area contributed by atoms with Gasteiger partial charge in [0, 0.05) is 11.6 Å². The first-order chi connectivity index (χ1) is 12.7. The topological polar surface area (TPSA) is 88.2 Å². The van der Waals surface area contributed by atoms with Crippen LogP contribution < -0.4 is 5.32 Å². The van der Waals surface area contributed by atoms with Gasteiger partial charge in [0.2, 0.25) is 5.89 Å². The van der Waals surface area contributed by atoms with Crippen molar-refractivity contribution >= 4 is 22.0 Å². The average Bonchev–Trinajstić information content (AvgIpc) is 3.06. The molecule has 1 aromatic heterocycles. The van der Waals surface area contributed by atoms with Gasteiger partial charge in [0.25, 0.3) is 5.89 Å². The van der Waals surface area contributed by atoms with Crippen LogP contribution in [-0.2, 0) is 5.54 Å². The Morgan fingerprint density at radius 2 is 1.74 bits per heavy atom. The molecule has 0 bridgehead atoms. The van der Waals surface area contributed by atoms with Gasteiger partial charge in [-0.05, 0) is 47.5 Å². The Balaban J connectivity index is 2.06. The zero-order valence-corrected chi connectivity index (χ0v) is 15.8. The highest BCUT2D eigenvalue weighted by Crippen LogP contribution is 2.34. The zero-order valence-electron chi connectivity index (χ0n) is 14.3. The van der Waals surface area contributed by atoms with Crippen LogP contribution in [0.1, 0.15) is 19.4 Å². The number of hydrogen-bond acceptors (Lipinski definition) is 4. The Bertz CT molecular complexity index is 1020. The summed E-state index contributed by atoms with van der Waals surface area (Å²) in [5.41, 5.74) is 0.101. The van der Waals surface area contributed by atoms with E-state index in [0.29, 0.717) is 11.1 Å². The van der Waals surface area contributed by atoms with Crippen LogP contribution in [0.15, 0.2) is 45.3 Å². The average molecular weight is 438 g/mol. The van der Waals surface area contributed by atoms with E-state index in [0.717, 1.165) is 6.07 Å². The summed E-state index contributed by atoms with van der Waals surface area (Å²) in [7, 11) is 0. The number of carbonyl (C=O) groups is 1. The first-order valence-electron chi connectivity index (χ1n) is 7.78. The molecule has 0 saturated heterocycles. The lowest BCUT2D eigenvalue weighted by Gasteiger charge is -2.26. The van der Waals surface area contributed by atoms with Crippen molar-refractivity contribution in [2.75, 3.05) is 0 Å². The van der Waals surface area contributed by atoms with Gasteiger partial charge in [0.1, 0.15) is 11.6 Å². The highest BCUT2D eigenvalue weighted by Gasteiger charge is 2.28. The lowest BCUT2D eigenvalue weighted by molar-refractivity contribution is 0.182. The fraction of sp³-hybridized carbons (Fsp3) is 0.167. The third-order valence-corrected chi connectivity index (χ3v) is 4.52. The number of rotatable bonds is 4. The van der Waals surface area contributed by atoms with E-state index in [4.69, 9.17) is 9.52 Å². The van der Waals surface area contributed by atoms with Crippen molar-refractivity contribution in [2.24, 2.45) is 0 Å². The molecule has 3 rings (SSSR count). The number of aromatic nitrogens is 2. The second kappa shape index (κ2) is 7.07. The van der Waals surface area contributed by atoms with Crippen molar-refractivity contribution in [3.63, 3.8) is 0 Å². The Kier molecular flexibility index (Phi) is 4.97. The van der Waals surface area contributed by atoms with Crippen LogP contribution in [0.25, 0.3) is 22.9 Å². The number of hydrogen-bond donors (Lipinski definition) is 2. The normalized spacial score (nSPS) is 11.4. The van der Waals surface area contributed by atoms with Crippen molar-refractivity contribution in [2.45, 2.75) is 19.4 Å². The van der Waals surface area contributed by atoms with Gasteiger partial charge in [-0.15, -0.1) is 10.2 Å². The Hall–Kier alpha value is -2.81. The van der Waals surface area contributed by atoms with E-state index >= 15 is 0 Å². The van der Waals surface area contributed by atoms with Gasteiger partial charge in [0.15, 0.2) is 0 Å². The summed E-state index contributed by atoms with van der Waals surface area (Å²) in [5, 5.41) is 19.3. The fourth-order valence-electron chi connectivity index (χ4n) is 2.68. The molecule has 3 aromatic rings. The summed E-state index contributed by atoms with van der Waals surface area (Å²) in [6.07, 6.45) is -1.18. The van der Waals surface area contributed by atoms with Crippen LogP contribution in [0.5, 0.6) is 0 Å². The van der Waals surface area contributed by atoms with E-state index in [1.165, 1.54) is 6.07 Å². The van der Waals surface area contributed by atoms with Crippen molar-refractivity contribution < 1.29 is 23.1 Å². The molecule has 9 heteroatoms. The van der Waals surface area contributed by atoms with Gasteiger partial charge in [-0.3, -0.25) is 0 Å². The smallest absolute Gasteiger partial charge is 0.405 e. The van der Waals surface area contributed by atoms with E-state index < -0.39 is 23.3 Å². The molecule has 27 heavy (non-hydrogen) atoms. The minimum absolute atomic E-state index is 0.0533. The molecular formula is C18H14BrF2N3O3. The van der Waals surface area contributed by atoms with Crippen LogP contribution >= 0.6 is 15.9 Å². The molecule has 140 valence electrons. The molecule has 1 heterocycles. The SMILES string of the molecule is CC(C)(NC(=O)O)c1ccccc1-c1nnc(-c2cc(Br)c(F)cc2F)o1. The van der Waals surface area contributed by atoms with Crippen molar-refractivity contribution in [3.8, 4) is 22.9 Å². The lowest BCUT2D eigenvalue weighted by atomic mass is 9.90. The Morgan fingerprint density at radius 3 is 2.41 bits per heavy atom. The van der Waals surface area contributed by atoms with E-state index in [1.54, 1.807) is 38.1 Å². The molecule has 0 saturated carbocycles. The molecule has 1 amide bonds. The van der Waals surface area contributed by atoms with Crippen molar-refractivity contribution in [1.82, 2.24) is 15.5 Å². The minimum Gasteiger partial charge on any atom is -0.465 e. The summed E-state index contributed by atoms with van der Waals surface area (Å²) in [6, 6.07) is 8.83. The van der Waals surface area contributed by atoms with Crippen molar-refractivity contribution in [3.05, 3.63) is 58.1 Å². The molecule has 6 nitrogen and oxygen atoms in total. The van der Waals surface area contributed by atoms with Gasteiger partial charge in [0.05, 0.1) is 15.6 Å². The van der Waals surface area contributed by atoms with Crippen LogP contribution in [-0.4, -0.2) is 21.4 Å². The molecule has 0 spiro atoms. The molecular weight excluding hydrogens is 424 g/mol. The molecule has 0 radical (unpaired) electrons. The zero-order chi connectivity index (χ0) is 19.8. The number of benzene rings is 2. The predicted molar refractivity (Wildman–Crippen MR) is 97.0 cm³/mol. The lowest BCUT2D eigenvalue weighted by Crippen LogP contribution is -2.40. The summed E-state index contributed by atoms with van der Waals surface area (Å²) in [5.74, 6) is -1.63. The van der Waals surface area contributed by atoms with Crippen LogP contribution in [0.3, 0.4) is 0 Å². The highest BCUT2D eigenvalue weighted by molar-refractivity contribution is 9.10. The number of nitrogens with one attached hydrogen (secondary N) is 1. The molecule has 0 aliphatic carbocycles. The number of amides is 1. The highest BCUT2D eigenvalue weighted by atomic mass is 79.9. The summed E-state index contributed by atoms with van der Waals surface area (Å²) >= 11 is 2.99. The monoisotopic (exact) mass is 437 g/mol. The van der Waals surface area contributed by atoms with Gasteiger partial charge < -0.3 is 14.8 Å². The second-order valence-electron chi connectivity index (χ2n) is 6.26. The Labute approximate surface area is 161 Å². The van der Waals surface area contributed by atoms with Crippen molar-refractivity contribution in [1.29, 1.82) is 0 Å². The second-order valence-corrected chi connectivity index (χ2v) is 7.11. The Morgan fingerprint density at radius 1 is 1.11 bits per heavy atom. The molecule has 0 aliphatic rings. The number of halogens is 3. The largest absolute Gasteiger partial charge is 0.465 e. The van der Waals surface area contributed by atoms with Crippen LogP contribution in [0, 0.1) is 11.6 Å². The minimum atomic E-state index is -1.18. The molecule has 0 atom stereocenters. The van der Waals surface area contributed by atoms with E-state index in [1.807, 2.05) is 0 Å². The first kappa shape index (κ1) is 19.0. The molecule has 2 aromatic carbocycles. The standard InChI is InChI=1S/C18H14BrF2N3O3/c1-18(2,22-17(25)26)11-6-4-3-5-9(11)15-23-24-16(27-15)10-7-12(19)14(21)8-13(10)20/h3-8,22H,1-2H3,(H,25,26). The summed E-state index contributed by atoms with van der Waals surface area (Å²) in [6.45, 7) is 3.38. The van der Waals surface area contributed by atoms with Crippen LogP contribution in [0.4, 0.5) is 13.6 Å². The van der Waals surface area contributed by atoms with E-state index in [9.17, 15) is 13.6 Å². The maximum atomic E-state index is 14.1. The maximum Gasteiger partial charge on any atom is 0.405 e. The summed E-state index contributed by atoms with van der Waals surface area (Å²) < 4.78 is 33.2. The maximum absolute atomic E-state index is 14.1.